The second kappa shape index (κ2) is 3.78. The van der Waals surface area contributed by atoms with Crippen LogP contribution in [0.5, 0.6) is 0 Å². The van der Waals surface area contributed by atoms with E-state index in [-0.39, 0.29) is 6.54 Å². The average molecular weight is 209 g/mol. The molecule has 0 saturated heterocycles. The maximum absolute atomic E-state index is 12.0. The summed E-state index contributed by atoms with van der Waals surface area (Å²) in [5.74, 6) is 0. The second-order valence-electron chi connectivity index (χ2n) is 2.26. The number of nitrogens with one attached hydrogen (secondary N) is 1. The van der Waals surface area contributed by atoms with Crippen molar-refractivity contribution >= 4 is 17.7 Å². The summed E-state index contributed by atoms with van der Waals surface area (Å²) < 4.78 is 36.1. The zero-order chi connectivity index (χ0) is 9.90. The van der Waals surface area contributed by atoms with E-state index >= 15 is 0 Å². The third kappa shape index (κ3) is 2.73. The van der Waals surface area contributed by atoms with E-state index in [9.17, 15) is 18.0 Å². The van der Waals surface area contributed by atoms with Gasteiger partial charge in [-0.05, 0) is 12.1 Å². The van der Waals surface area contributed by atoms with Crippen LogP contribution in [0.4, 0.5) is 13.2 Å². The molecule has 0 aliphatic carbocycles. The number of alkyl halides is 3. The molecule has 0 unspecified atom stereocenters. The quantitative estimate of drug-likeness (QED) is 0.758. The molecule has 1 aromatic rings. The molecule has 1 amide bonds. The highest BCUT2D eigenvalue weighted by molar-refractivity contribution is 7.12. The molecule has 0 saturated carbocycles. The highest BCUT2D eigenvalue weighted by Crippen LogP contribution is 2.34. The lowest BCUT2D eigenvalue weighted by Gasteiger charge is -2.00. The van der Waals surface area contributed by atoms with Crippen LogP contribution in [0.1, 0.15) is 9.75 Å². The smallest absolute Gasteiger partial charge is 0.354 e. The number of carbonyl (C=O) groups excluding carboxylic acids is 1. The summed E-state index contributed by atoms with van der Waals surface area (Å²) in [6, 6.07) is 2.36. The largest absolute Gasteiger partial charge is 0.425 e. The highest BCUT2D eigenvalue weighted by atomic mass is 32.1. The zero-order valence-corrected chi connectivity index (χ0v) is 7.21. The van der Waals surface area contributed by atoms with E-state index in [1.165, 1.54) is 6.07 Å². The van der Waals surface area contributed by atoms with Gasteiger partial charge in [0, 0.05) is 4.88 Å². The lowest BCUT2D eigenvalue weighted by Crippen LogP contribution is -2.08. The van der Waals surface area contributed by atoms with Gasteiger partial charge in [0.15, 0.2) is 0 Å². The number of thiophene rings is 1. The van der Waals surface area contributed by atoms with Gasteiger partial charge in [-0.15, -0.1) is 11.3 Å². The van der Waals surface area contributed by atoms with Crippen molar-refractivity contribution in [2.24, 2.45) is 0 Å². The molecule has 0 aliphatic rings. The van der Waals surface area contributed by atoms with Gasteiger partial charge in [0.2, 0.25) is 6.41 Å². The summed E-state index contributed by atoms with van der Waals surface area (Å²) in [4.78, 5) is 9.70. The molecule has 1 N–H and O–H groups in total. The van der Waals surface area contributed by atoms with Gasteiger partial charge in [0.1, 0.15) is 4.88 Å². The Morgan fingerprint density at radius 3 is 2.62 bits per heavy atom. The van der Waals surface area contributed by atoms with Gasteiger partial charge in [0.05, 0.1) is 6.54 Å². The minimum Gasteiger partial charge on any atom is -0.354 e. The molecule has 2 nitrogen and oxygen atoms in total. The molecule has 6 heteroatoms. The Morgan fingerprint density at radius 2 is 2.15 bits per heavy atom. The van der Waals surface area contributed by atoms with Crippen LogP contribution in [0.25, 0.3) is 0 Å². The molecule has 0 spiro atoms. The molecule has 1 heterocycles. The minimum atomic E-state index is -4.29. The van der Waals surface area contributed by atoms with Crippen molar-refractivity contribution < 1.29 is 18.0 Å². The van der Waals surface area contributed by atoms with Gasteiger partial charge in [-0.1, -0.05) is 0 Å². The van der Waals surface area contributed by atoms with Crippen molar-refractivity contribution in [2.75, 3.05) is 0 Å². The summed E-state index contributed by atoms with van der Waals surface area (Å²) in [7, 11) is 0. The Balaban J connectivity index is 2.69. The van der Waals surface area contributed by atoms with E-state index < -0.39 is 11.1 Å². The Labute approximate surface area is 76.4 Å². The van der Waals surface area contributed by atoms with Crippen molar-refractivity contribution in [2.45, 2.75) is 12.7 Å². The van der Waals surface area contributed by atoms with E-state index in [1.807, 2.05) is 0 Å². The molecule has 13 heavy (non-hydrogen) atoms. The number of amides is 1. The van der Waals surface area contributed by atoms with Gasteiger partial charge >= 0.3 is 6.18 Å². The van der Waals surface area contributed by atoms with E-state index in [1.54, 1.807) is 0 Å². The standard InChI is InChI=1S/C7H6F3NOS/c8-7(9,10)6-2-1-5(13-6)3-11-4-12/h1-2,4H,3H2,(H,11,12). The molecule has 0 aliphatic heterocycles. The molecule has 1 aromatic heterocycles. The van der Waals surface area contributed by atoms with Crippen LogP contribution in [0, 0.1) is 0 Å². The molecule has 72 valence electrons. The number of halogens is 3. The van der Waals surface area contributed by atoms with Crippen LogP contribution in [-0.2, 0) is 17.5 Å². The number of rotatable bonds is 3. The molecule has 0 aromatic carbocycles. The lowest BCUT2D eigenvalue weighted by atomic mass is 10.4. The van der Waals surface area contributed by atoms with Crippen LogP contribution in [-0.4, -0.2) is 6.41 Å². The Kier molecular flexibility index (Phi) is 2.92. The van der Waals surface area contributed by atoms with Gasteiger partial charge in [0.25, 0.3) is 0 Å². The van der Waals surface area contributed by atoms with Crippen molar-refractivity contribution in [1.82, 2.24) is 5.32 Å². The van der Waals surface area contributed by atoms with Gasteiger partial charge in [-0.2, -0.15) is 13.2 Å². The molecular weight excluding hydrogens is 203 g/mol. The normalized spacial score (nSPS) is 11.3. The molecule has 0 atom stereocenters. The fourth-order valence-corrected chi connectivity index (χ4v) is 1.59. The number of hydrogen-bond donors (Lipinski definition) is 1. The van der Waals surface area contributed by atoms with E-state index in [0.29, 0.717) is 22.6 Å². The van der Waals surface area contributed by atoms with Crippen molar-refractivity contribution in [3.63, 3.8) is 0 Å². The fraction of sp³-hybridized carbons (Fsp3) is 0.286. The van der Waals surface area contributed by atoms with E-state index in [2.05, 4.69) is 5.32 Å². The minimum absolute atomic E-state index is 0.143. The summed E-state index contributed by atoms with van der Waals surface area (Å²) in [6.07, 6.45) is -3.84. The van der Waals surface area contributed by atoms with Crippen LogP contribution >= 0.6 is 11.3 Å². The third-order valence-electron chi connectivity index (χ3n) is 1.30. The summed E-state index contributed by atoms with van der Waals surface area (Å²) in [5, 5.41) is 2.29. The monoisotopic (exact) mass is 209 g/mol. The first-order valence-corrected chi connectivity index (χ1v) is 4.18. The highest BCUT2D eigenvalue weighted by Gasteiger charge is 2.32. The van der Waals surface area contributed by atoms with Gasteiger partial charge in [-0.3, -0.25) is 4.79 Å². The van der Waals surface area contributed by atoms with Crippen LogP contribution in [0.3, 0.4) is 0 Å². The predicted octanol–water partition coefficient (Wildman–Crippen LogP) is 2.01. The van der Waals surface area contributed by atoms with Crippen molar-refractivity contribution in [3.05, 3.63) is 21.9 Å². The molecule has 1 rings (SSSR count). The Bertz CT molecular complexity index is 294. The summed E-state index contributed by atoms with van der Waals surface area (Å²) >= 11 is 0.633. The first-order chi connectivity index (χ1) is 6.04. The SMILES string of the molecule is O=CNCc1ccc(C(F)(F)F)s1. The van der Waals surface area contributed by atoms with Crippen LogP contribution in [0.15, 0.2) is 12.1 Å². The van der Waals surface area contributed by atoms with Crippen LogP contribution in [0.2, 0.25) is 0 Å². The zero-order valence-electron chi connectivity index (χ0n) is 6.39. The predicted molar refractivity (Wildman–Crippen MR) is 42.2 cm³/mol. The molecule has 0 fully saturated rings. The number of carbonyl (C=O) groups is 1. The Morgan fingerprint density at radius 1 is 1.46 bits per heavy atom. The maximum atomic E-state index is 12.0. The lowest BCUT2D eigenvalue weighted by molar-refractivity contribution is -0.134. The Hall–Kier alpha value is -1.04. The molecule has 0 bridgehead atoms. The molecule has 0 radical (unpaired) electrons. The van der Waals surface area contributed by atoms with E-state index in [4.69, 9.17) is 0 Å². The second-order valence-corrected chi connectivity index (χ2v) is 3.43. The van der Waals surface area contributed by atoms with Gasteiger partial charge in [-0.25, -0.2) is 0 Å². The van der Waals surface area contributed by atoms with Gasteiger partial charge < -0.3 is 5.32 Å². The first kappa shape index (κ1) is 10.0. The fourth-order valence-electron chi connectivity index (χ4n) is 0.768. The topological polar surface area (TPSA) is 29.1 Å². The summed E-state index contributed by atoms with van der Waals surface area (Å²) in [5.41, 5.74) is 0. The van der Waals surface area contributed by atoms with Crippen LogP contribution < -0.4 is 5.32 Å². The number of hydrogen-bond acceptors (Lipinski definition) is 2. The van der Waals surface area contributed by atoms with Crippen molar-refractivity contribution in [1.29, 1.82) is 0 Å². The third-order valence-corrected chi connectivity index (χ3v) is 2.43. The maximum Gasteiger partial charge on any atom is 0.425 e. The summed E-state index contributed by atoms with van der Waals surface area (Å²) in [6.45, 7) is 0.143. The van der Waals surface area contributed by atoms with E-state index in [0.717, 1.165) is 6.07 Å². The average Bonchev–Trinajstić information content (AvgIpc) is 2.47. The molecular formula is C7H6F3NOS. The first-order valence-electron chi connectivity index (χ1n) is 3.37. The van der Waals surface area contributed by atoms with Crippen molar-refractivity contribution in [3.8, 4) is 0 Å².